The SMILES string of the molecule is C[C@@H](c1ccco1)N(C)C(=O)[C@H]1CCN(C2CCCCC2)C1. The van der Waals surface area contributed by atoms with E-state index in [-0.39, 0.29) is 17.9 Å². The molecule has 3 rings (SSSR count). The zero-order valence-electron chi connectivity index (χ0n) is 13.8. The van der Waals surface area contributed by atoms with Crippen LogP contribution >= 0.6 is 0 Å². The van der Waals surface area contributed by atoms with Gasteiger partial charge in [0.2, 0.25) is 5.91 Å². The predicted octanol–water partition coefficient (Wildman–Crippen LogP) is 3.45. The van der Waals surface area contributed by atoms with E-state index in [1.807, 2.05) is 31.0 Å². The molecule has 4 heteroatoms. The zero-order chi connectivity index (χ0) is 15.5. The Hall–Kier alpha value is -1.29. The van der Waals surface area contributed by atoms with Gasteiger partial charge in [-0.2, -0.15) is 0 Å². The van der Waals surface area contributed by atoms with E-state index >= 15 is 0 Å². The van der Waals surface area contributed by atoms with Crippen LogP contribution in [-0.2, 0) is 4.79 Å². The van der Waals surface area contributed by atoms with E-state index in [1.165, 1.54) is 32.1 Å². The number of rotatable bonds is 4. The summed E-state index contributed by atoms with van der Waals surface area (Å²) in [4.78, 5) is 17.2. The molecule has 0 bridgehead atoms. The molecule has 0 spiro atoms. The highest BCUT2D eigenvalue weighted by Crippen LogP contribution is 2.30. The summed E-state index contributed by atoms with van der Waals surface area (Å²) in [6, 6.07) is 4.55. The van der Waals surface area contributed by atoms with Gasteiger partial charge in [-0.25, -0.2) is 0 Å². The highest BCUT2D eigenvalue weighted by molar-refractivity contribution is 5.79. The second-order valence-corrected chi connectivity index (χ2v) is 6.91. The van der Waals surface area contributed by atoms with Crippen LogP contribution in [0.15, 0.2) is 22.8 Å². The molecule has 122 valence electrons. The second-order valence-electron chi connectivity index (χ2n) is 6.91. The molecule has 4 nitrogen and oxygen atoms in total. The maximum atomic E-state index is 12.8. The first-order valence-electron chi connectivity index (χ1n) is 8.71. The van der Waals surface area contributed by atoms with Crippen molar-refractivity contribution in [3.05, 3.63) is 24.2 Å². The summed E-state index contributed by atoms with van der Waals surface area (Å²) in [5, 5.41) is 0. The molecule has 1 saturated heterocycles. The Bertz CT molecular complexity index is 479. The maximum Gasteiger partial charge on any atom is 0.227 e. The quantitative estimate of drug-likeness (QED) is 0.855. The summed E-state index contributed by atoms with van der Waals surface area (Å²) >= 11 is 0. The van der Waals surface area contributed by atoms with E-state index < -0.39 is 0 Å². The summed E-state index contributed by atoms with van der Waals surface area (Å²) in [5.41, 5.74) is 0. The fraction of sp³-hybridized carbons (Fsp3) is 0.722. The zero-order valence-corrected chi connectivity index (χ0v) is 13.8. The van der Waals surface area contributed by atoms with Gasteiger partial charge in [-0.3, -0.25) is 9.69 Å². The van der Waals surface area contributed by atoms with Crippen molar-refractivity contribution in [2.75, 3.05) is 20.1 Å². The van der Waals surface area contributed by atoms with Crippen LogP contribution in [-0.4, -0.2) is 41.9 Å². The van der Waals surface area contributed by atoms with Crippen molar-refractivity contribution in [1.29, 1.82) is 0 Å². The fourth-order valence-corrected chi connectivity index (χ4v) is 3.97. The first-order valence-corrected chi connectivity index (χ1v) is 8.71. The van der Waals surface area contributed by atoms with Crippen LogP contribution in [0.1, 0.15) is 57.3 Å². The molecule has 1 aromatic heterocycles. The Morgan fingerprint density at radius 2 is 2.09 bits per heavy atom. The molecule has 1 aliphatic carbocycles. The number of carbonyl (C=O) groups excluding carboxylic acids is 1. The van der Waals surface area contributed by atoms with E-state index in [2.05, 4.69) is 4.90 Å². The lowest BCUT2D eigenvalue weighted by Gasteiger charge is -2.31. The van der Waals surface area contributed by atoms with Crippen LogP contribution in [0.5, 0.6) is 0 Å². The molecule has 22 heavy (non-hydrogen) atoms. The normalized spacial score (nSPS) is 25.3. The van der Waals surface area contributed by atoms with Crippen LogP contribution in [0.25, 0.3) is 0 Å². The van der Waals surface area contributed by atoms with Gasteiger partial charge in [-0.05, 0) is 44.9 Å². The maximum absolute atomic E-state index is 12.8. The van der Waals surface area contributed by atoms with Crippen LogP contribution < -0.4 is 0 Å². The summed E-state index contributed by atoms with van der Waals surface area (Å²) < 4.78 is 5.44. The molecule has 0 unspecified atom stereocenters. The lowest BCUT2D eigenvalue weighted by atomic mass is 9.94. The molecule has 0 radical (unpaired) electrons. The van der Waals surface area contributed by atoms with Gasteiger partial charge in [-0.15, -0.1) is 0 Å². The van der Waals surface area contributed by atoms with Crippen molar-refractivity contribution < 1.29 is 9.21 Å². The molecule has 0 N–H and O–H groups in total. The van der Waals surface area contributed by atoms with Crippen LogP contribution in [0.3, 0.4) is 0 Å². The smallest absolute Gasteiger partial charge is 0.227 e. The van der Waals surface area contributed by atoms with Gasteiger partial charge >= 0.3 is 0 Å². The van der Waals surface area contributed by atoms with Crippen molar-refractivity contribution in [3.8, 4) is 0 Å². The summed E-state index contributed by atoms with van der Waals surface area (Å²) in [6.45, 7) is 4.06. The van der Waals surface area contributed by atoms with Crippen molar-refractivity contribution in [3.63, 3.8) is 0 Å². The Kier molecular flexibility index (Phi) is 4.87. The molecular formula is C18H28N2O2. The average Bonchev–Trinajstić information content (AvgIpc) is 3.25. The number of hydrogen-bond donors (Lipinski definition) is 0. The third kappa shape index (κ3) is 3.22. The van der Waals surface area contributed by atoms with Crippen LogP contribution in [0.4, 0.5) is 0 Å². The van der Waals surface area contributed by atoms with Crippen molar-refractivity contribution in [2.45, 2.75) is 57.5 Å². The highest BCUT2D eigenvalue weighted by Gasteiger charge is 2.35. The number of hydrogen-bond acceptors (Lipinski definition) is 3. The first kappa shape index (κ1) is 15.6. The number of carbonyl (C=O) groups is 1. The molecule has 1 saturated carbocycles. The minimum atomic E-state index is 0.00577. The molecule has 0 aromatic carbocycles. The summed E-state index contributed by atoms with van der Waals surface area (Å²) in [7, 11) is 1.90. The van der Waals surface area contributed by atoms with Crippen molar-refractivity contribution in [2.24, 2.45) is 5.92 Å². The third-order valence-corrected chi connectivity index (χ3v) is 5.54. The van der Waals surface area contributed by atoms with E-state index in [0.717, 1.165) is 31.3 Å². The van der Waals surface area contributed by atoms with Gasteiger partial charge < -0.3 is 9.32 Å². The minimum Gasteiger partial charge on any atom is -0.467 e. The molecule has 2 aliphatic rings. The van der Waals surface area contributed by atoms with Gasteiger partial charge in [0.15, 0.2) is 0 Å². The molecular weight excluding hydrogens is 276 g/mol. The fourth-order valence-electron chi connectivity index (χ4n) is 3.97. The lowest BCUT2D eigenvalue weighted by molar-refractivity contribution is -0.136. The van der Waals surface area contributed by atoms with E-state index in [4.69, 9.17) is 4.42 Å². The van der Waals surface area contributed by atoms with Crippen molar-refractivity contribution >= 4 is 5.91 Å². The molecule has 1 amide bonds. The monoisotopic (exact) mass is 304 g/mol. The topological polar surface area (TPSA) is 36.7 Å². The Morgan fingerprint density at radius 1 is 1.32 bits per heavy atom. The van der Waals surface area contributed by atoms with E-state index in [1.54, 1.807) is 6.26 Å². The van der Waals surface area contributed by atoms with Crippen LogP contribution in [0, 0.1) is 5.92 Å². The molecule has 2 atom stereocenters. The first-order chi connectivity index (χ1) is 10.7. The van der Waals surface area contributed by atoms with Crippen LogP contribution in [0.2, 0.25) is 0 Å². The Balaban J connectivity index is 1.56. The standard InChI is InChI=1S/C18H28N2O2/c1-14(17-9-6-12-22-17)19(2)18(21)15-10-11-20(13-15)16-7-4-3-5-8-16/h6,9,12,14-16H,3-5,7-8,10-11,13H2,1-2H3/t14-,15-/m0/s1. The summed E-state index contributed by atoms with van der Waals surface area (Å²) in [6.07, 6.45) is 9.41. The Labute approximate surface area is 133 Å². The summed E-state index contributed by atoms with van der Waals surface area (Å²) in [5.74, 6) is 1.28. The van der Waals surface area contributed by atoms with Gasteiger partial charge in [0.1, 0.15) is 5.76 Å². The molecule has 1 aliphatic heterocycles. The van der Waals surface area contributed by atoms with Gasteiger partial charge in [-0.1, -0.05) is 19.3 Å². The largest absolute Gasteiger partial charge is 0.467 e. The third-order valence-electron chi connectivity index (χ3n) is 5.54. The molecule has 1 aromatic rings. The number of likely N-dealkylation sites (tertiary alicyclic amines) is 1. The Morgan fingerprint density at radius 3 is 2.77 bits per heavy atom. The van der Waals surface area contributed by atoms with Gasteiger partial charge in [0, 0.05) is 19.6 Å². The number of furan rings is 1. The number of amides is 1. The van der Waals surface area contributed by atoms with E-state index in [0.29, 0.717) is 0 Å². The van der Waals surface area contributed by atoms with Gasteiger partial charge in [0.25, 0.3) is 0 Å². The molecule has 2 fully saturated rings. The van der Waals surface area contributed by atoms with E-state index in [9.17, 15) is 4.79 Å². The lowest BCUT2D eigenvalue weighted by Crippen LogP contribution is -2.39. The highest BCUT2D eigenvalue weighted by atomic mass is 16.3. The number of nitrogens with zero attached hydrogens (tertiary/aromatic N) is 2. The predicted molar refractivity (Wildman–Crippen MR) is 86.4 cm³/mol. The molecule has 2 heterocycles. The van der Waals surface area contributed by atoms with Gasteiger partial charge in [0.05, 0.1) is 18.2 Å². The average molecular weight is 304 g/mol. The second kappa shape index (κ2) is 6.86. The minimum absolute atomic E-state index is 0.00577. The van der Waals surface area contributed by atoms with Crippen molar-refractivity contribution in [1.82, 2.24) is 9.80 Å².